The van der Waals surface area contributed by atoms with E-state index in [9.17, 15) is 15.0 Å². The fourth-order valence-corrected chi connectivity index (χ4v) is 1.57. The molecule has 0 saturated heterocycles. The van der Waals surface area contributed by atoms with Gasteiger partial charge in [0.15, 0.2) is 0 Å². The van der Waals surface area contributed by atoms with Crippen molar-refractivity contribution in [2.45, 2.75) is 33.6 Å². The monoisotopic (exact) mass is 208 g/mol. The van der Waals surface area contributed by atoms with E-state index in [1.807, 2.05) is 0 Å². The number of hydrogen-bond acceptors (Lipinski definition) is 3. The van der Waals surface area contributed by atoms with E-state index in [2.05, 4.69) is 0 Å². The van der Waals surface area contributed by atoms with Gasteiger partial charge in [0.25, 0.3) is 0 Å². The number of rotatable bonds is 2. The van der Waals surface area contributed by atoms with E-state index in [1.54, 1.807) is 26.8 Å². The standard InChI is InChI=1S/C12H16O3/c1-6(9(4)13)10-5-11(14)8(3)12(15)7(10)2/h5-6,14-15H,1-4H3/t6-/m1/s1. The number of carbonyl (C=O) groups excluding carboxylic acids is 1. The summed E-state index contributed by atoms with van der Waals surface area (Å²) in [4.78, 5) is 11.2. The van der Waals surface area contributed by atoms with Gasteiger partial charge < -0.3 is 10.2 Å². The van der Waals surface area contributed by atoms with Gasteiger partial charge in [-0.3, -0.25) is 4.79 Å². The molecule has 0 bridgehead atoms. The van der Waals surface area contributed by atoms with Crippen molar-refractivity contribution in [3.63, 3.8) is 0 Å². The molecule has 0 aromatic heterocycles. The van der Waals surface area contributed by atoms with E-state index >= 15 is 0 Å². The van der Waals surface area contributed by atoms with Gasteiger partial charge in [-0.05, 0) is 38.0 Å². The maximum Gasteiger partial charge on any atom is 0.137 e. The highest BCUT2D eigenvalue weighted by molar-refractivity contribution is 5.83. The van der Waals surface area contributed by atoms with Crippen LogP contribution in [0.1, 0.15) is 36.5 Å². The predicted molar refractivity (Wildman–Crippen MR) is 58.3 cm³/mol. The number of aromatic hydroxyl groups is 2. The Hall–Kier alpha value is -1.51. The second-order valence-electron chi connectivity index (χ2n) is 3.92. The Labute approximate surface area is 89.4 Å². The molecule has 1 atom stereocenters. The fourth-order valence-electron chi connectivity index (χ4n) is 1.57. The summed E-state index contributed by atoms with van der Waals surface area (Å²) in [5, 5.41) is 19.3. The van der Waals surface area contributed by atoms with Crippen LogP contribution in [-0.4, -0.2) is 16.0 Å². The number of carbonyl (C=O) groups is 1. The lowest BCUT2D eigenvalue weighted by molar-refractivity contribution is -0.118. The third kappa shape index (κ3) is 1.96. The minimum atomic E-state index is -0.303. The van der Waals surface area contributed by atoms with Crippen molar-refractivity contribution in [1.82, 2.24) is 0 Å². The van der Waals surface area contributed by atoms with E-state index in [-0.39, 0.29) is 23.2 Å². The number of Topliss-reactive ketones (excluding diaryl/α,β-unsaturated/α-hetero) is 1. The molecule has 0 aliphatic heterocycles. The smallest absolute Gasteiger partial charge is 0.137 e. The highest BCUT2D eigenvalue weighted by atomic mass is 16.3. The number of hydrogen-bond donors (Lipinski definition) is 2. The van der Waals surface area contributed by atoms with Gasteiger partial charge in [-0.25, -0.2) is 0 Å². The van der Waals surface area contributed by atoms with Crippen molar-refractivity contribution < 1.29 is 15.0 Å². The third-order valence-corrected chi connectivity index (χ3v) is 2.90. The summed E-state index contributed by atoms with van der Waals surface area (Å²) in [5.74, 6) is -0.192. The van der Waals surface area contributed by atoms with Gasteiger partial charge in [0.05, 0.1) is 0 Å². The third-order valence-electron chi connectivity index (χ3n) is 2.90. The molecule has 3 heteroatoms. The minimum absolute atomic E-state index is 0.0146. The van der Waals surface area contributed by atoms with Gasteiger partial charge >= 0.3 is 0 Å². The van der Waals surface area contributed by atoms with E-state index < -0.39 is 0 Å². The molecule has 82 valence electrons. The van der Waals surface area contributed by atoms with Crippen LogP contribution in [0.25, 0.3) is 0 Å². The predicted octanol–water partition coefficient (Wildman–Crippen LogP) is 2.41. The highest BCUT2D eigenvalue weighted by Crippen LogP contribution is 2.35. The molecular weight excluding hydrogens is 192 g/mol. The van der Waals surface area contributed by atoms with Crippen LogP contribution >= 0.6 is 0 Å². The Kier molecular flexibility index (Phi) is 3.03. The van der Waals surface area contributed by atoms with Crippen LogP contribution in [-0.2, 0) is 4.79 Å². The summed E-state index contributed by atoms with van der Waals surface area (Å²) in [6.45, 7) is 6.65. The second-order valence-corrected chi connectivity index (χ2v) is 3.92. The Morgan fingerprint density at radius 1 is 1.27 bits per heavy atom. The summed E-state index contributed by atoms with van der Waals surface area (Å²) >= 11 is 0. The van der Waals surface area contributed by atoms with E-state index in [0.717, 1.165) is 0 Å². The van der Waals surface area contributed by atoms with Crippen molar-refractivity contribution >= 4 is 5.78 Å². The zero-order valence-electron chi connectivity index (χ0n) is 9.46. The summed E-state index contributed by atoms with van der Waals surface area (Å²) < 4.78 is 0. The maximum absolute atomic E-state index is 11.2. The number of benzene rings is 1. The van der Waals surface area contributed by atoms with Crippen molar-refractivity contribution in [2.75, 3.05) is 0 Å². The Morgan fingerprint density at radius 2 is 1.80 bits per heavy atom. The molecule has 15 heavy (non-hydrogen) atoms. The largest absolute Gasteiger partial charge is 0.508 e. The van der Waals surface area contributed by atoms with Crippen molar-refractivity contribution in [3.05, 3.63) is 22.8 Å². The molecule has 2 N–H and O–H groups in total. The van der Waals surface area contributed by atoms with Crippen LogP contribution in [0.4, 0.5) is 0 Å². The minimum Gasteiger partial charge on any atom is -0.508 e. The molecule has 0 fully saturated rings. The SMILES string of the molecule is CC(=O)[C@@H](C)c1cc(O)c(C)c(O)c1C. The lowest BCUT2D eigenvalue weighted by Crippen LogP contribution is -2.06. The molecule has 3 nitrogen and oxygen atoms in total. The first kappa shape index (κ1) is 11.6. The molecule has 0 saturated carbocycles. The molecule has 0 aliphatic carbocycles. The van der Waals surface area contributed by atoms with Crippen molar-refractivity contribution in [1.29, 1.82) is 0 Å². The van der Waals surface area contributed by atoms with E-state index in [0.29, 0.717) is 16.7 Å². The normalized spacial score (nSPS) is 12.5. The highest BCUT2D eigenvalue weighted by Gasteiger charge is 2.18. The topological polar surface area (TPSA) is 57.5 Å². The average Bonchev–Trinajstić information content (AvgIpc) is 2.19. The first-order chi connectivity index (χ1) is 6.86. The summed E-state index contributed by atoms with van der Waals surface area (Å²) in [7, 11) is 0. The van der Waals surface area contributed by atoms with Gasteiger partial charge in [0, 0.05) is 11.5 Å². The molecule has 0 aliphatic rings. The molecule has 0 spiro atoms. The summed E-state index contributed by atoms with van der Waals surface area (Å²) in [6.07, 6.45) is 0. The maximum atomic E-state index is 11.2. The lowest BCUT2D eigenvalue weighted by atomic mass is 9.91. The van der Waals surface area contributed by atoms with Crippen LogP contribution in [0, 0.1) is 13.8 Å². The number of phenolic OH excluding ortho intramolecular Hbond substituents is 2. The molecular formula is C12H16O3. The molecule has 1 aromatic rings. The van der Waals surface area contributed by atoms with Gasteiger partial charge in [0.2, 0.25) is 0 Å². The fraction of sp³-hybridized carbons (Fsp3) is 0.417. The Balaban J connectivity index is 3.38. The average molecular weight is 208 g/mol. The second kappa shape index (κ2) is 3.93. The van der Waals surface area contributed by atoms with E-state index in [4.69, 9.17) is 0 Å². The summed E-state index contributed by atoms with van der Waals surface area (Å²) in [5.41, 5.74) is 1.79. The first-order valence-electron chi connectivity index (χ1n) is 4.88. The van der Waals surface area contributed by atoms with Crippen molar-refractivity contribution in [3.8, 4) is 11.5 Å². The van der Waals surface area contributed by atoms with Crippen LogP contribution in [0.2, 0.25) is 0 Å². The van der Waals surface area contributed by atoms with Crippen LogP contribution in [0.15, 0.2) is 6.07 Å². The molecule has 0 amide bonds. The van der Waals surface area contributed by atoms with E-state index in [1.165, 1.54) is 6.92 Å². The van der Waals surface area contributed by atoms with Crippen LogP contribution in [0.3, 0.4) is 0 Å². The number of ketones is 1. The Morgan fingerprint density at radius 3 is 2.27 bits per heavy atom. The van der Waals surface area contributed by atoms with Crippen molar-refractivity contribution in [2.24, 2.45) is 0 Å². The van der Waals surface area contributed by atoms with Gasteiger partial charge in [-0.1, -0.05) is 6.92 Å². The molecule has 0 heterocycles. The molecule has 0 unspecified atom stereocenters. The zero-order valence-corrected chi connectivity index (χ0v) is 9.46. The number of phenols is 2. The van der Waals surface area contributed by atoms with Gasteiger partial charge in [-0.15, -0.1) is 0 Å². The van der Waals surface area contributed by atoms with Crippen LogP contribution in [0.5, 0.6) is 11.5 Å². The van der Waals surface area contributed by atoms with Crippen LogP contribution < -0.4 is 0 Å². The first-order valence-corrected chi connectivity index (χ1v) is 4.88. The Bertz CT molecular complexity index is 408. The molecule has 1 rings (SSSR count). The van der Waals surface area contributed by atoms with Gasteiger partial charge in [-0.2, -0.15) is 0 Å². The van der Waals surface area contributed by atoms with Gasteiger partial charge in [0.1, 0.15) is 17.3 Å². The molecule has 0 radical (unpaired) electrons. The summed E-state index contributed by atoms with van der Waals surface area (Å²) in [6, 6.07) is 1.55. The lowest BCUT2D eigenvalue weighted by Gasteiger charge is -2.15. The quantitative estimate of drug-likeness (QED) is 0.784. The zero-order chi connectivity index (χ0) is 11.7. The molecule has 1 aromatic carbocycles.